The van der Waals surface area contributed by atoms with Crippen LogP contribution in [-0.4, -0.2) is 26.7 Å². The molecule has 19 heavy (non-hydrogen) atoms. The Balaban J connectivity index is 2.29. The van der Waals surface area contributed by atoms with E-state index in [1.807, 2.05) is 0 Å². The first-order valence-electron chi connectivity index (χ1n) is 5.72. The van der Waals surface area contributed by atoms with E-state index in [2.05, 4.69) is 4.98 Å². The van der Waals surface area contributed by atoms with Gasteiger partial charge in [-0.1, -0.05) is 24.3 Å². The van der Waals surface area contributed by atoms with E-state index in [0.717, 1.165) is 5.56 Å². The first-order chi connectivity index (χ1) is 8.97. The van der Waals surface area contributed by atoms with Gasteiger partial charge in [0.15, 0.2) is 0 Å². The van der Waals surface area contributed by atoms with E-state index in [9.17, 15) is 9.59 Å². The van der Waals surface area contributed by atoms with Crippen LogP contribution in [0, 0.1) is 6.92 Å². The number of hydrogen-bond donors (Lipinski definition) is 3. The molecular weight excluding hydrogens is 247 g/mol. The predicted molar refractivity (Wildman–Crippen MR) is 71.4 cm³/mol. The molecule has 2 aromatic rings. The molecule has 0 aliphatic rings. The zero-order chi connectivity index (χ0) is 14.0. The van der Waals surface area contributed by atoms with Crippen molar-refractivity contribution in [3.63, 3.8) is 0 Å². The second-order valence-electron chi connectivity index (χ2n) is 4.31. The highest BCUT2D eigenvalue weighted by Gasteiger charge is 2.10. The molecule has 0 fully saturated rings. The summed E-state index contributed by atoms with van der Waals surface area (Å²) in [7, 11) is -1.51. The van der Waals surface area contributed by atoms with Crippen LogP contribution in [-0.2, 0) is 6.54 Å². The maximum Gasteiger partial charge on any atom is 0.488 e. The quantitative estimate of drug-likeness (QED) is 0.590. The molecule has 98 valence electrons. The standard InChI is InChI=1S/C12H13BN2O4/c1-8-6-15(12(17)14-11(8)16)7-9-2-4-10(5-3-9)13(18)19/h2-6,18-19H,7H2,1H3,(H,14,16,17). The van der Waals surface area contributed by atoms with Gasteiger partial charge in [0.1, 0.15) is 0 Å². The van der Waals surface area contributed by atoms with Crippen molar-refractivity contribution < 1.29 is 10.0 Å². The number of aromatic nitrogens is 2. The van der Waals surface area contributed by atoms with Gasteiger partial charge in [0.2, 0.25) is 0 Å². The molecule has 0 radical (unpaired) electrons. The molecule has 1 aromatic carbocycles. The van der Waals surface area contributed by atoms with Crippen LogP contribution in [0.2, 0.25) is 0 Å². The van der Waals surface area contributed by atoms with Crippen LogP contribution in [0.3, 0.4) is 0 Å². The largest absolute Gasteiger partial charge is 0.488 e. The molecule has 7 heteroatoms. The van der Waals surface area contributed by atoms with Crippen molar-refractivity contribution in [2.45, 2.75) is 13.5 Å². The Bertz CT molecular complexity index is 688. The number of nitrogens with one attached hydrogen (secondary N) is 1. The average molecular weight is 260 g/mol. The van der Waals surface area contributed by atoms with Crippen LogP contribution in [0.1, 0.15) is 11.1 Å². The van der Waals surface area contributed by atoms with Crippen LogP contribution in [0.15, 0.2) is 40.1 Å². The SMILES string of the molecule is Cc1cn(Cc2ccc(B(O)O)cc2)c(=O)[nH]c1=O. The summed E-state index contributed by atoms with van der Waals surface area (Å²) in [5.74, 6) is 0. The summed E-state index contributed by atoms with van der Waals surface area (Å²) in [6.45, 7) is 1.93. The topological polar surface area (TPSA) is 95.3 Å². The zero-order valence-corrected chi connectivity index (χ0v) is 10.3. The lowest BCUT2D eigenvalue weighted by Gasteiger charge is -2.07. The van der Waals surface area contributed by atoms with E-state index in [0.29, 0.717) is 17.6 Å². The summed E-state index contributed by atoms with van der Waals surface area (Å²) < 4.78 is 1.39. The van der Waals surface area contributed by atoms with Crippen molar-refractivity contribution in [3.05, 3.63) is 62.4 Å². The molecule has 0 spiro atoms. The van der Waals surface area contributed by atoms with Crippen LogP contribution < -0.4 is 16.7 Å². The third-order valence-corrected chi connectivity index (χ3v) is 2.82. The van der Waals surface area contributed by atoms with Gasteiger partial charge in [0.25, 0.3) is 5.56 Å². The van der Waals surface area contributed by atoms with Gasteiger partial charge in [0.05, 0.1) is 6.54 Å². The minimum Gasteiger partial charge on any atom is -0.423 e. The molecule has 0 unspecified atom stereocenters. The third kappa shape index (κ3) is 3.01. The molecule has 0 bridgehead atoms. The van der Waals surface area contributed by atoms with Crippen molar-refractivity contribution in [2.24, 2.45) is 0 Å². The highest BCUT2D eigenvalue weighted by molar-refractivity contribution is 6.58. The van der Waals surface area contributed by atoms with Crippen LogP contribution in [0.4, 0.5) is 0 Å². The van der Waals surface area contributed by atoms with E-state index < -0.39 is 12.8 Å². The van der Waals surface area contributed by atoms with Gasteiger partial charge in [-0.15, -0.1) is 0 Å². The summed E-state index contributed by atoms with van der Waals surface area (Å²) in [5, 5.41) is 18.0. The smallest absolute Gasteiger partial charge is 0.423 e. The zero-order valence-electron chi connectivity index (χ0n) is 10.3. The summed E-state index contributed by atoms with van der Waals surface area (Å²) in [5.41, 5.74) is 0.801. The van der Waals surface area contributed by atoms with Crippen molar-refractivity contribution in [1.82, 2.24) is 9.55 Å². The van der Waals surface area contributed by atoms with Gasteiger partial charge in [-0.25, -0.2) is 4.79 Å². The summed E-state index contributed by atoms with van der Waals surface area (Å²) in [4.78, 5) is 25.1. The molecule has 0 aliphatic heterocycles. The Labute approximate surface area is 109 Å². The van der Waals surface area contributed by atoms with Crippen LogP contribution in [0.5, 0.6) is 0 Å². The minimum absolute atomic E-state index is 0.304. The second kappa shape index (κ2) is 5.25. The Morgan fingerprint density at radius 2 is 1.84 bits per heavy atom. The highest BCUT2D eigenvalue weighted by atomic mass is 16.4. The van der Waals surface area contributed by atoms with Crippen molar-refractivity contribution in [1.29, 1.82) is 0 Å². The molecule has 0 aliphatic carbocycles. The molecule has 2 rings (SSSR count). The van der Waals surface area contributed by atoms with Gasteiger partial charge >= 0.3 is 12.8 Å². The predicted octanol–water partition coefficient (Wildman–Crippen LogP) is -1.43. The van der Waals surface area contributed by atoms with E-state index in [4.69, 9.17) is 10.0 Å². The lowest BCUT2D eigenvalue weighted by atomic mass is 9.80. The third-order valence-electron chi connectivity index (χ3n) is 2.82. The van der Waals surface area contributed by atoms with Crippen molar-refractivity contribution in [2.75, 3.05) is 0 Å². The molecule has 1 aromatic heterocycles. The number of hydrogen-bond acceptors (Lipinski definition) is 4. The Morgan fingerprint density at radius 3 is 2.42 bits per heavy atom. The fourth-order valence-electron chi connectivity index (χ4n) is 1.73. The lowest BCUT2D eigenvalue weighted by molar-refractivity contribution is 0.426. The fraction of sp³-hybridized carbons (Fsp3) is 0.167. The number of benzene rings is 1. The van der Waals surface area contributed by atoms with Gasteiger partial charge in [0, 0.05) is 11.8 Å². The fourth-order valence-corrected chi connectivity index (χ4v) is 1.73. The normalized spacial score (nSPS) is 10.5. The van der Waals surface area contributed by atoms with Crippen molar-refractivity contribution >= 4 is 12.6 Å². The molecule has 6 nitrogen and oxygen atoms in total. The first kappa shape index (κ1) is 13.3. The number of rotatable bonds is 3. The van der Waals surface area contributed by atoms with E-state index in [1.165, 1.54) is 10.8 Å². The summed E-state index contributed by atoms with van der Waals surface area (Å²) in [6.07, 6.45) is 1.50. The van der Waals surface area contributed by atoms with Crippen molar-refractivity contribution in [3.8, 4) is 0 Å². The van der Waals surface area contributed by atoms with Gasteiger partial charge in [-0.3, -0.25) is 14.3 Å². The molecule has 0 saturated heterocycles. The minimum atomic E-state index is -1.51. The summed E-state index contributed by atoms with van der Waals surface area (Å²) >= 11 is 0. The molecule has 0 amide bonds. The van der Waals surface area contributed by atoms with Crippen LogP contribution in [0.25, 0.3) is 0 Å². The van der Waals surface area contributed by atoms with Gasteiger partial charge in [-0.05, 0) is 17.9 Å². The monoisotopic (exact) mass is 260 g/mol. The number of aryl methyl sites for hydroxylation is 1. The molecule has 0 atom stereocenters. The molecular formula is C12H13BN2O4. The Morgan fingerprint density at radius 1 is 1.21 bits per heavy atom. The van der Waals surface area contributed by atoms with Gasteiger partial charge in [-0.2, -0.15) is 0 Å². The Hall–Kier alpha value is -2.12. The van der Waals surface area contributed by atoms with E-state index >= 15 is 0 Å². The number of aromatic amines is 1. The molecule has 1 heterocycles. The van der Waals surface area contributed by atoms with E-state index in [1.54, 1.807) is 31.2 Å². The van der Waals surface area contributed by atoms with E-state index in [-0.39, 0.29) is 5.56 Å². The Kier molecular flexibility index (Phi) is 3.68. The molecule has 0 saturated carbocycles. The second-order valence-corrected chi connectivity index (χ2v) is 4.31. The molecule has 3 N–H and O–H groups in total. The average Bonchev–Trinajstić information content (AvgIpc) is 2.36. The number of nitrogens with zero attached hydrogens (tertiary/aromatic N) is 1. The number of H-pyrrole nitrogens is 1. The first-order valence-corrected chi connectivity index (χ1v) is 5.72. The summed E-state index contributed by atoms with van der Waals surface area (Å²) in [6, 6.07) is 6.54. The lowest BCUT2D eigenvalue weighted by Crippen LogP contribution is -2.31. The van der Waals surface area contributed by atoms with Gasteiger partial charge < -0.3 is 10.0 Å². The highest BCUT2D eigenvalue weighted by Crippen LogP contribution is 1.99. The maximum absolute atomic E-state index is 11.6. The maximum atomic E-state index is 11.6. The van der Waals surface area contributed by atoms with Crippen LogP contribution >= 0.6 is 0 Å².